The second kappa shape index (κ2) is 7.00. The summed E-state index contributed by atoms with van der Waals surface area (Å²) in [6, 6.07) is 3.43. The first kappa shape index (κ1) is 17.7. The van der Waals surface area contributed by atoms with E-state index in [-0.39, 0.29) is 18.5 Å². The molecule has 1 aliphatic rings. The number of benzene rings is 1. The summed E-state index contributed by atoms with van der Waals surface area (Å²) in [6.45, 7) is 7.20. The molecule has 0 unspecified atom stereocenters. The molecule has 1 amide bonds. The highest BCUT2D eigenvalue weighted by molar-refractivity contribution is 6.07. The van der Waals surface area contributed by atoms with E-state index in [0.717, 1.165) is 28.0 Å². The molecule has 0 aliphatic carbocycles. The summed E-state index contributed by atoms with van der Waals surface area (Å²) < 4.78 is 11.2. The fourth-order valence-electron chi connectivity index (χ4n) is 2.92. The molecule has 6 heteroatoms. The number of hydrogen-bond donors (Lipinski definition) is 1. The average Bonchev–Trinajstić information content (AvgIpc) is 2.63. The molecule has 134 valence electrons. The summed E-state index contributed by atoms with van der Waals surface area (Å²) in [5, 5.41) is 2.82. The van der Waals surface area contributed by atoms with Crippen molar-refractivity contribution in [2.75, 3.05) is 11.9 Å². The SMILES string of the molecule is CC(=O)Oc1c(C)c(C)c2c(c1C)C=C(C(=O)Nc1ccncc1)CO2. The molecular weight excluding hydrogens is 332 g/mol. The fraction of sp³-hybridized carbons (Fsp3) is 0.250. The molecule has 0 spiro atoms. The van der Waals surface area contributed by atoms with Crippen LogP contribution >= 0.6 is 0 Å². The molecule has 0 saturated heterocycles. The molecule has 1 aromatic carbocycles. The van der Waals surface area contributed by atoms with Crippen molar-refractivity contribution in [2.24, 2.45) is 0 Å². The maximum Gasteiger partial charge on any atom is 0.308 e. The summed E-state index contributed by atoms with van der Waals surface area (Å²) in [5.41, 5.74) is 4.44. The Hall–Kier alpha value is -3.15. The average molecular weight is 352 g/mol. The lowest BCUT2D eigenvalue weighted by molar-refractivity contribution is -0.132. The molecule has 0 atom stereocenters. The van der Waals surface area contributed by atoms with Gasteiger partial charge in [0.05, 0.1) is 5.57 Å². The van der Waals surface area contributed by atoms with E-state index >= 15 is 0 Å². The van der Waals surface area contributed by atoms with Crippen LogP contribution in [0.5, 0.6) is 11.5 Å². The van der Waals surface area contributed by atoms with E-state index in [2.05, 4.69) is 10.3 Å². The smallest absolute Gasteiger partial charge is 0.308 e. The van der Waals surface area contributed by atoms with Crippen molar-refractivity contribution in [3.8, 4) is 11.5 Å². The van der Waals surface area contributed by atoms with Gasteiger partial charge in [0.1, 0.15) is 18.1 Å². The lowest BCUT2D eigenvalue weighted by Crippen LogP contribution is -2.22. The highest BCUT2D eigenvalue weighted by Gasteiger charge is 2.25. The van der Waals surface area contributed by atoms with Crippen molar-refractivity contribution in [2.45, 2.75) is 27.7 Å². The summed E-state index contributed by atoms with van der Waals surface area (Å²) in [4.78, 5) is 27.9. The number of nitrogens with one attached hydrogen (secondary N) is 1. The van der Waals surface area contributed by atoms with E-state index in [1.807, 2.05) is 20.8 Å². The fourth-order valence-corrected chi connectivity index (χ4v) is 2.92. The van der Waals surface area contributed by atoms with Crippen molar-refractivity contribution in [3.63, 3.8) is 0 Å². The Balaban J connectivity index is 1.99. The number of nitrogens with zero attached hydrogens (tertiary/aromatic N) is 1. The van der Waals surface area contributed by atoms with Crippen LogP contribution < -0.4 is 14.8 Å². The van der Waals surface area contributed by atoms with Crippen LogP contribution in [0.1, 0.15) is 29.2 Å². The van der Waals surface area contributed by atoms with Crippen molar-refractivity contribution >= 4 is 23.6 Å². The molecule has 0 saturated carbocycles. The predicted octanol–water partition coefficient (Wildman–Crippen LogP) is 3.35. The number of rotatable bonds is 3. The quantitative estimate of drug-likeness (QED) is 0.677. The topological polar surface area (TPSA) is 77.5 Å². The van der Waals surface area contributed by atoms with Crippen LogP contribution in [0.15, 0.2) is 30.1 Å². The zero-order chi connectivity index (χ0) is 18.8. The van der Waals surface area contributed by atoms with Gasteiger partial charge >= 0.3 is 5.97 Å². The zero-order valence-electron chi connectivity index (χ0n) is 15.2. The molecule has 0 bridgehead atoms. The number of carbonyl (C=O) groups is 2. The second-order valence-electron chi connectivity index (χ2n) is 6.19. The van der Waals surface area contributed by atoms with Crippen LogP contribution in [0, 0.1) is 20.8 Å². The second-order valence-corrected chi connectivity index (χ2v) is 6.19. The molecule has 26 heavy (non-hydrogen) atoms. The Bertz CT molecular complexity index is 917. The first-order chi connectivity index (χ1) is 12.4. The van der Waals surface area contributed by atoms with E-state index in [0.29, 0.717) is 17.0 Å². The Kier molecular flexibility index (Phi) is 4.75. The number of hydrogen-bond acceptors (Lipinski definition) is 5. The molecule has 0 fully saturated rings. The van der Waals surface area contributed by atoms with Crippen LogP contribution in [-0.4, -0.2) is 23.5 Å². The minimum absolute atomic E-state index is 0.177. The summed E-state index contributed by atoms with van der Waals surface area (Å²) >= 11 is 0. The number of fused-ring (bicyclic) bond motifs is 1. The normalized spacial score (nSPS) is 12.5. The van der Waals surface area contributed by atoms with Gasteiger partial charge in [0.25, 0.3) is 5.91 Å². The lowest BCUT2D eigenvalue weighted by atomic mass is 9.94. The molecule has 3 rings (SSSR count). The van der Waals surface area contributed by atoms with Crippen molar-refractivity contribution in [1.82, 2.24) is 4.98 Å². The summed E-state index contributed by atoms with van der Waals surface area (Å²) in [5.74, 6) is 0.612. The van der Waals surface area contributed by atoms with Gasteiger partial charge in [-0.15, -0.1) is 0 Å². The van der Waals surface area contributed by atoms with Gasteiger partial charge in [-0.25, -0.2) is 0 Å². The van der Waals surface area contributed by atoms with Gasteiger partial charge in [-0.2, -0.15) is 0 Å². The monoisotopic (exact) mass is 352 g/mol. The number of esters is 1. The number of amides is 1. The predicted molar refractivity (Wildman–Crippen MR) is 98.3 cm³/mol. The molecule has 0 radical (unpaired) electrons. The molecular formula is C20H20N2O4. The maximum absolute atomic E-state index is 12.5. The molecule has 2 heterocycles. The number of anilines is 1. The first-order valence-corrected chi connectivity index (χ1v) is 8.25. The van der Waals surface area contributed by atoms with Crippen LogP contribution in [-0.2, 0) is 9.59 Å². The number of aromatic nitrogens is 1. The summed E-state index contributed by atoms with van der Waals surface area (Å²) in [6.07, 6.45) is 5.01. The minimum Gasteiger partial charge on any atom is -0.488 e. The standard InChI is InChI=1S/C20H20N2O4/c1-11-12(2)19-17(13(3)18(11)26-14(4)23)9-15(10-25-19)20(24)22-16-5-7-21-8-6-16/h5-9H,10H2,1-4H3,(H,21,22,24). The Morgan fingerprint density at radius 2 is 1.81 bits per heavy atom. The van der Waals surface area contributed by atoms with Crippen molar-refractivity contribution < 1.29 is 19.1 Å². The largest absolute Gasteiger partial charge is 0.488 e. The third-order valence-corrected chi connectivity index (χ3v) is 4.40. The molecule has 1 aromatic heterocycles. The minimum atomic E-state index is -0.382. The number of carbonyl (C=O) groups excluding carboxylic acids is 2. The van der Waals surface area contributed by atoms with Gasteiger partial charge in [-0.05, 0) is 50.1 Å². The van der Waals surface area contributed by atoms with Crippen LogP contribution in [0.2, 0.25) is 0 Å². The maximum atomic E-state index is 12.5. The third kappa shape index (κ3) is 3.31. The third-order valence-electron chi connectivity index (χ3n) is 4.40. The van der Waals surface area contributed by atoms with Gasteiger partial charge < -0.3 is 14.8 Å². The molecule has 2 aromatic rings. The van der Waals surface area contributed by atoms with E-state index < -0.39 is 0 Å². The van der Waals surface area contributed by atoms with Crippen LogP contribution in [0.4, 0.5) is 5.69 Å². The van der Waals surface area contributed by atoms with Crippen LogP contribution in [0.25, 0.3) is 6.08 Å². The van der Waals surface area contributed by atoms with Gasteiger partial charge in [0.15, 0.2) is 0 Å². The van der Waals surface area contributed by atoms with Gasteiger partial charge in [0, 0.05) is 36.1 Å². The highest BCUT2D eigenvalue weighted by atomic mass is 16.5. The molecule has 1 N–H and O–H groups in total. The lowest BCUT2D eigenvalue weighted by Gasteiger charge is -2.24. The number of pyridine rings is 1. The van der Waals surface area contributed by atoms with Crippen molar-refractivity contribution in [3.05, 3.63) is 52.4 Å². The zero-order valence-corrected chi connectivity index (χ0v) is 15.2. The Morgan fingerprint density at radius 3 is 2.46 bits per heavy atom. The first-order valence-electron chi connectivity index (χ1n) is 8.25. The Morgan fingerprint density at radius 1 is 1.12 bits per heavy atom. The van der Waals surface area contributed by atoms with E-state index in [9.17, 15) is 9.59 Å². The Labute approximate surface area is 151 Å². The van der Waals surface area contributed by atoms with Crippen molar-refractivity contribution in [1.29, 1.82) is 0 Å². The highest BCUT2D eigenvalue weighted by Crippen LogP contribution is 2.41. The molecule has 6 nitrogen and oxygen atoms in total. The number of ether oxygens (including phenoxy) is 2. The molecule has 1 aliphatic heterocycles. The van der Waals surface area contributed by atoms with Gasteiger partial charge in [-0.3, -0.25) is 14.6 Å². The van der Waals surface area contributed by atoms with E-state index in [1.54, 1.807) is 30.6 Å². The van der Waals surface area contributed by atoms with Gasteiger partial charge in [0.2, 0.25) is 0 Å². The van der Waals surface area contributed by atoms with Crippen LogP contribution in [0.3, 0.4) is 0 Å². The van der Waals surface area contributed by atoms with E-state index in [4.69, 9.17) is 9.47 Å². The van der Waals surface area contributed by atoms with Gasteiger partial charge in [-0.1, -0.05) is 0 Å². The van der Waals surface area contributed by atoms with E-state index in [1.165, 1.54) is 6.92 Å². The summed E-state index contributed by atoms with van der Waals surface area (Å²) in [7, 11) is 0.